The molecule has 2 saturated heterocycles. The molecule has 1 N–H and O–H groups in total. The SMILES string of the molecule is CC(C)(C)OC(=O)N1CCCN(Cc2ccc3oc(CN4CCNCC4)nc3c2)CC1. The Bertz CT molecular complexity index is 885. The second-order valence-corrected chi connectivity index (χ2v) is 9.53. The van der Waals surface area contributed by atoms with E-state index in [-0.39, 0.29) is 6.09 Å². The van der Waals surface area contributed by atoms with E-state index in [0.717, 1.165) is 82.3 Å². The number of aromatic nitrogens is 1. The van der Waals surface area contributed by atoms with Crippen LogP contribution in [0.1, 0.15) is 38.6 Å². The van der Waals surface area contributed by atoms with Crippen molar-refractivity contribution in [3.05, 3.63) is 29.7 Å². The van der Waals surface area contributed by atoms with E-state index in [9.17, 15) is 4.79 Å². The van der Waals surface area contributed by atoms with Gasteiger partial charge >= 0.3 is 6.09 Å². The first-order valence-corrected chi connectivity index (χ1v) is 11.4. The molecule has 0 radical (unpaired) electrons. The number of ether oxygens (including phenoxy) is 1. The fraction of sp³-hybridized carbons (Fsp3) is 0.652. The van der Waals surface area contributed by atoms with E-state index in [1.807, 2.05) is 31.7 Å². The topological polar surface area (TPSA) is 74.1 Å². The maximum absolute atomic E-state index is 12.4. The third-order valence-electron chi connectivity index (χ3n) is 5.71. The zero-order valence-electron chi connectivity index (χ0n) is 19.0. The van der Waals surface area contributed by atoms with Gasteiger partial charge in [-0.3, -0.25) is 9.80 Å². The third kappa shape index (κ3) is 6.18. The molecule has 0 atom stereocenters. The summed E-state index contributed by atoms with van der Waals surface area (Å²) in [4.78, 5) is 23.7. The van der Waals surface area contributed by atoms with Crippen LogP contribution in [0.5, 0.6) is 0 Å². The van der Waals surface area contributed by atoms with E-state index in [0.29, 0.717) is 6.54 Å². The molecule has 2 fully saturated rings. The number of carbonyl (C=O) groups excluding carboxylic acids is 1. The molecule has 0 spiro atoms. The summed E-state index contributed by atoms with van der Waals surface area (Å²) < 4.78 is 11.5. The summed E-state index contributed by atoms with van der Waals surface area (Å²) in [5.74, 6) is 0.789. The zero-order valence-corrected chi connectivity index (χ0v) is 19.0. The number of fused-ring (bicyclic) bond motifs is 1. The summed E-state index contributed by atoms with van der Waals surface area (Å²) in [6, 6.07) is 6.29. The predicted octanol–water partition coefficient (Wildman–Crippen LogP) is 2.68. The van der Waals surface area contributed by atoms with Crippen LogP contribution in [0.4, 0.5) is 4.79 Å². The fourth-order valence-corrected chi connectivity index (χ4v) is 4.14. The van der Waals surface area contributed by atoms with Gasteiger partial charge < -0.3 is 19.4 Å². The van der Waals surface area contributed by atoms with Crippen molar-refractivity contribution in [3.63, 3.8) is 0 Å². The largest absolute Gasteiger partial charge is 0.444 e. The van der Waals surface area contributed by atoms with Gasteiger partial charge in [0.25, 0.3) is 0 Å². The first-order chi connectivity index (χ1) is 14.9. The molecular weight excluding hydrogens is 394 g/mol. The smallest absolute Gasteiger partial charge is 0.410 e. The lowest BCUT2D eigenvalue weighted by Crippen LogP contribution is -2.42. The normalized spacial score (nSPS) is 19.5. The van der Waals surface area contributed by atoms with E-state index in [4.69, 9.17) is 14.1 Å². The molecule has 2 aliphatic rings. The quantitative estimate of drug-likeness (QED) is 0.801. The number of nitrogens with zero attached hydrogens (tertiary/aromatic N) is 4. The Balaban J connectivity index is 1.34. The molecule has 2 aromatic rings. The van der Waals surface area contributed by atoms with Crippen molar-refractivity contribution >= 4 is 17.2 Å². The van der Waals surface area contributed by atoms with Crippen LogP contribution >= 0.6 is 0 Å². The van der Waals surface area contributed by atoms with E-state index >= 15 is 0 Å². The van der Waals surface area contributed by atoms with Gasteiger partial charge in [0.1, 0.15) is 11.1 Å². The molecule has 1 aromatic heterocycles. The average Bonchev–Trinajstić information content (AvgIpc) is 2.95. The van der Waals surface area contributed by atoms with Gasteiger partial charge in [0.2, 0.25) is 5.89 Å². The van der Waals surface area contributed by atoms with Crippen LogP contribution < -0.4 is 5.32 Å². The number of carbonyl (C=O) groups is 1. The second kappa shape index (κ2) is 9.54. The average molecular weight is 430 g/mol. The molecule has 8 nitrogen and oxygen atoms in total. The Kier molecular flexibility index (Phi) is 6.79. The number of hydrogen-bond acceptors (Lipinski definition) is 7. The van der Waals surface area contributed by atoms with E-state index in [2.05, 4.69) is 27.2 Å². The highest BCUT2D eigenvalue weighted by molar-refractivity contribution is 5.73. The number of oxazole rings is 1. The summed E-state index contributed by atoms with van der Waals surface area (Å²) in [6.45, 7) is 14.7. The monoisotopic (exact) mass is 429 g/mol. The van der Waals surface area contributed by atoms with Crippen molar-refractivity contribution in [1.29, 1.82) is 0 Å². The van der Waals surface area contributed by atoms with Gasteiger partial charge in [0.15, 0.2) is 5.58 Å². The lowest BCUT2D eigenvalue weighted by molar-refractivity contribution is 0.0257. The molecule has 8 heteroatoms. The first kappa shape index (κ1) is 22.0. The van der Waals surface area contributed by atoms with Crippen molar-refractivity contribution < 1.29 is 13.9 Å². The van der Waals surface area contributed by atoms with Gasteiger partial charge in [-0.15, -0.1) is 0 Å². The van der Waals surface area contributed by atoms with Gasteiger partial charge in [0.05, 0.1) is 6.54 Å². The molecule has 4 rings (SSSR count). The molecule has 0 aliphatic carbocycles. The highest BCUT2D eigenvalue weighted by Gasteiger charge is 2.24. The highest BCUT2D eigenvalue weighted by atomic mass is 16.6. The minimum Gasteiger partial charge on any atom is -0.444 e. The number of piperazine rings is 1. The molecular formula is C23H35N5O3. The molecule has 1 amide bonds. The van der Waals surface area contributed by atoms with Crippen LogP contribution in [0.25, 0.3) is 11.1 Å². The third-order valence-corrected chi connectivity index (χ3v) is 5.71. The lowest BCUT2D eigenvalue weighted by atomic mass is 10.2. The van der Waals surface area contributed by atoms with Crippen molar-refractivity contribution in [1.82, 2.24) is 25.0 Å². The van der Waals surface area contributed by atoms with Gasteiger partial charge in [-0.25, -0.2) is 9.78 Å². The molecule has 0 bridgehead atoms. The Morgan fingerprint density at radius 2 is 1.84 bits per heavy atom. The summed E-state index contributed by atoms with van der Waals surface area (Å²) in [6.07, 6.45) is 0.732. The second-order valence-electron chi connectivity index (χ2n) is 9.53. The molecule has 170 valence electrons. The molecule has 1 aromatic carbocycles. The van der Waals surface area contributed by atoms with E-state index in [1.165, 1.54) is 5.56 Å². The molecule has 31 heavy (non-hydrogen) atoms. The number of hydrogen-bond donors (Lipinski definition) is 1. The highest BCUT2D eigenvalue weighted by Crippen LogP contribution is 2.20. The summed E-state index contributed by atoms with van der Waals surface area (Å²) >= 11 is 0. The number of benzene rings is 1. The minimum absolute atomic E-state index is 0.213. The van der Waals surface area contributed by atoms with Gasteiger partial charge in [-0.05, 0) is 44.9 Å². The van der Waals surface area contributed by atoms with Gasteiger partial charge in [0, 0.05) is 58.9 Å². The standard InChI is InChI=1S/C23H35N5O3/c1-23(2,3)31-22(29)28-10-4-9-26(13-14-28)16-18-5-6-20-19(15-18)25-21(30-20)17-27-11-7-24-8-12-27/h5-6,15,24H,4,7-14,16-17H2,1-3H3. The first-order valence-electron chi connectivity index (χ1n) is 11.4. The Hall–Kier alpha value is -2.16. The number of amides is 1. The summed E-state index contributed by atoms with van der Waals surface area (Å²) in [5.41, 5.74) is 2.54. The Morgan fingerprint density at radius 3 is 2.61 bits per heavy atom. The van der Waals surface area contributed by atoms with Crippen LogP contribution in [0, 0.1) is 0 Å². The van der Waals surface area contributed by atoms with Crippen molar-refractivity contribution in [2.24, 2.45) is 0 Å². The van der Waals surface area contributed by atoms with Crippen LogP contribution in [0.2, 0.25) is 0 Å². The fourth-order valence-electron chi connectivity index (χ4n) is 4.14. The molecule has 3 heterocycles. The Morgan fingerprint density at radius 1 is 1.06 bits per heavy atom. The molecule has 0 saturated carbocycles. The van der Waals surface area contributed by atoms with Crippen molar-refractivity contribution in [2.75, 3.05) is 52.4 Å². The molecule has 0 unspecified atom stereocenters. The zero-order chi connectivity index (χ0) is 21.8. The van der Waals surface area contributed by atoms with Crippen LogP contribution in [-0.2, 0) is 17.8 Å². The minimum atomic E-state index is -0.459. The van der Waals surface area contributed by atoms with Crippen molar-refractivity contribution in [3.8, 4) is 0 Å². The lowest BCUT2D eigenvalue weighted by Gasteiger charge is -2.26. The maximum Gasteiger partial charge on any atom is 0.410 e. The van der Waals surface area contributed by atoms with Crippen LogP contribution in [0.3, 0.4) is 0 Å². The maximum atomic E-state index is 12.4. The Labute approximate surface area is 184 Å². The van der Waals surface area contributed by atoms with Crippen LogP contribution in [-0.4, -0.2) is 83.7 Å². The van der Waals surface area contributed by atoms with Gasteiger partial charge in [-0.1, -0.05) is 6.07 Å². The van der Waals surface area contributed by atoms with Crippen molar-refractivity contribution in [2.45, 2.75) is 45.9 Å². The number of rotatable bonds is 4. The predicted molar refractivity (Wildman–Crippen MR) is 120 cm³/mol. The summed E-state index contributed by atoms with van der Waals surface area (Å²) in [7, 11) is 0. The molecule has 2 aliphatic heterocycles. The van der Waals surface area contributed by atoms with E-state index in [1.54, 1.807) is 0 Å². The van der Waals surface area contributed by atoms with E-state index < -0.39 is 5.60 Å². The summed E-state index contributed by atoms with van der Waals surface area (Å²) in [5, 5.41) is 3.37. The van der Waals surface area contributed by atoms with Gasteiger partial charge in [-0.2, -0.15) is 0 Å². The van der Waals surface area contributed by atoms with Crippen LogP contribution in [0.15, 0.2) is 22.6 Å². The number of nitrogens with one attached hydrogen (secondary N) is 1.